The van der Waals surface area contributed by atoms with Crippen molar-refractivity contribution in [3.05, 3.63) is 74.1 Å². The summed E-state index contributed by atoms with van der Waals surface area (Å²) in [6.07, 6.45) is 2.92. The molecular weight excluding hydrogens is 374 g/mol. The Morgan fingerprint density at radius 3 is 2.71 bits per heavy atom. The first-order chi connectivity index (χ1) is 13.5. The first-order valence-electron chi connectivity index (χ1n) is 9.74. The Morgan fingerprint density at radius 1 is 1.18 bits per heavy atom. The first-order valence-corrected chi connectivity index (χ1v) is 10.1. The molecule has 28 heavy (non-hydrogen) atoms. The summed E-state index contributed by atoms with van der Waals surface area (Å²) in [6, 6.07) is 11.9. The van der Waals surface area contributed by atoms with Gasteiger partial charge in [-0.15, -0.1) is 0 Å². The highest BCUT2D eigenvalue weighted by molar-refractivity contribution is 6.33. The van der Waals surface area contributed by atoms with Crippen molar-refractivity contribution in [2.75, 3.05) is 6.73 Å². The average Bonchev–Trinajstić information content (AvgIpc) is 2.69. The van der Waals surface area contributed by atoms with Crippen LogP contribution in [0.5, 0.6) is 5.75 Å². The van der Waals surface area contributed by atoms with E-state index in [4.69, 9.17) is 20.8 Å². The van der Waals surface area contributed by atoms with Crippen LogP contribution in [0.4, 0.5) is 0 Å². The van der Waals surface area contributed by atoms with Crippen molar-refractivity contribution in [3.63, 3.8) is 0 Å². The molecule has 0 N–H and O–H groups in total. The fourth-order valence-electron chi connectivity index (χ4n) is 3.72. The number of rotatable bonds is 5. The number of aryl methyl sites for hydroxylation is 2. The molecule has 3 aromatic rings. The molecular formula is C23H24ClNO3. The van der Waals surface area contributed by atoms with E-state index in [1.54, 1.807) is 6.07 Å². The molecule has 4 rings (SSSR count). The van der Waals surface area contributed by atoms with Gasteiger partial charge in [0.25, 0.3) is 0 Å². The number of unbranched alkanes of at least 4 members (excludes halogenated alkanes) is 1. The molecule has 5 heteroatoms. The van der Waals surface area contributed by atoms with Crippen LogP contribution in [0.1, 0.15) is 42.0 Å². The van der Waals surface area contributed by atoms with Gasteiger partial charge in [0.2, 0.25) is 0 Å². The average molecular weight is 398 g/mol. The molecule has 0 atom stereocenters. The van der Waals surface area contributed by atoms with Gasteiger partial charge < -0.3 is 9.15 Å². The highest BCUT2D eigenvalue weighted by Crippen LogP contribution is 2.39. The zero-order chi connectivity index (χ0) is 19.7. The molecule has 2 aromatic carbocycles. The largest absolute Gasteiger partial charge is 0.476 e. The van der Waals surface area contributed by atoms with Crippen LogP contribution in [0.2, 0.25) is 5.02 Å². The Morgan fingerprint density at radius 2 is 1.96 bits per heavy atom. The molecule has 1 aromatic heterocycles. The fourth-order valence-corrected chi connectivity index (χ4v) is 4.00. The van der Waals surface area contributed by atoms with Crippen LogP contribution < -0.4 is 10.4 Å². The first kappa shape index (κ1) is 19.0. The summed E-state index contributed by atoms with van der Waals surface area (Å²) in [7, 11) is 0. The van der Waals surface area contributed by atoms with Gasteiger partial charge in [0, 0.05) is 24.5 Å². The summed E-state index contributed by atoms with van der Waals surface area (Å²) in [6.45, 7) is 6.05. The number of ether oxygens (including phenoxy) is 1. The molecule has 0 bridgehead atoms. The molecule has 0 saturated carbocycles. The number of nitrogens with zero attached hydrogens (tertiary/aromatic N) is 1. The molecule has 0 spiro atoms. The highest BCUT2D eigenvalue weighted by atomic mass is 35.5. The Bertz CT molecular complexity index is 1060. The summed E-state index contributed by atoms with van der Waals surface area (Å²) >= 11 is 6.53. The third-order valence-corrected chi connectivity index (χ3v) is 5.50. The van der Waals surface area contributed by atoms with Crippen molar-refractivity contribution >= 4 is 22.6 Å². The van der Waals surface area contributed by atoms with E-state index in [9.17, 15) is 4.79 Å². The van der Waals surface area contributed by atoms with E-state index in [-0.39, 0.29) is 5.63 Å². The lowest BCUT2D eigenvalue weighted by molar-refractivity contribution is 0.0890. The maximum Gasteiger partial charge on any atom is 0.336 e. The predicted molar refractivity (Wildman–Crippen MR) is 112 cm³/mol. The van der Waals surface area contributed by atoms with Crippen molar-refractivity contribution < 1.29 is 9.15 Å². The lowest BCUT2D eigenvalue weighted by Gasteiger charge is -2.30. The van der Waals surface area contributed by atoms with E-state index >= 15 is 0 Å². The van der Waals surface area contributed by atoms with E-state index in [2.05, 4.69) is 43.0 Å². The zero-order valence-electron chi connectivity index (χ0n) is 16.3. The molecule has 2 heterocycles. The summed E-state index contributed by atoms with van der Waals surface area (Å²) in [4.78, 5) is 14.4. The molecule has 0 radical (unpaired) electrons. The molecule has 0 amide bonds. The second-order valence-electron chi connectivity index (χ2n) is 7.48. The van der Waals surface area contributed by atoms with Crippen LogP contribution >= 0.6 is 11.6 Å². The van der Waals surface area contributed by atoms with Gasteiger partial charge in [-0.3, -0.25) is 4.90 Å². The van der Waals surface area contributed by atoms with Gasteiger partial charge in [0.05, 0.1) is 10.6 Å². The quantitative estimate of drug-likeness (QED) is 0.537. The lowest BCUT2D eigenvalue weighted by atomic mass is 10.0. The second-order valence-corrected chi connectivity index (χ2v) is 7.89. The predicted octanol–water partition coefficient (Wildman–Crippen LogP) is 5.45. The number of hydrogen-bond acceptors (Lipinski definition) is 4. The minimum absolute atomic E-state index is 0.321. The maximum atomic E-state index is 12.2. The smallest absolute Gasteiger partial charge is 0.336 e. The van der Waals surface area contributed by atoms with Gasteiger partial charge in [-0.05, 0) is 37.0 Å². The molecule has 0 fully saturated rings. The third-order valence-electron chi connectivity index (χ3n) is 5.22. The number of fused-ring (bicyclic) bond motifs is 3. The normalized spacial score (nSPS) is 14.1. The Labute approximate surface area is 169 Å². The van der Waals surface area contributed by atoms with E-state index in [1.165, 1.54) is 11.1 Å². The van der Waals surface area contributed by atoms with Gasteiger partial charge in [0.1, 0.15) is 18.1 Å². The number of hydrogen-bond donors (Lipinski definition) is 0. The minimum atomic E-state index is -0.321. The van der Waals surface area contributed by atoms with E-state index < -0.39 is 0 Å². The van der Waals surface area contributed by atoms with Gasteiger partial charge in [-0.1, -0.05) is 54.8 Å². The SMILES string of the molecule is CCCCc1cc(=O)oc2c3c(c(Cl)cc12)OCN(Cc1ccc(C)cc1)C3. The molecule has 4 nitrogen and oxygen atoms in total. The van der Waals surface area contributed by atoms with Crippen LogP contribution in [0, 0.1) is 6.92 Å². The Balaban J connectivity index is 1.72. The van der Waals surface area contributed by atoms with E-state index in [1.807, 2.05) is 6.07 Å². The van der Waals surface area contributed by atoms with Gasteiger partial charge in [-0.2, -0.15) is 0 Å². The third kappa shape index (κ3) is 3.80. The van der Waals surface area contributed by atoms with Crippen molar-refractivity contribution in [2.45, 2.75) is 46.2 Å². The second kappa shape index (κ2) is 7.98. The van der Waals surface area contributed by atoms with Gasteiger partial charge >= 0.3 is 5.63 Å². The molecule has 0 unspecified atom stereocenters. The number of benzene rings is 2. The minimum Gasteiger partial charge on any atom is -0.476 e. The standard InChI is InChI=1S/C23H24ClNO3/c1-3-4-5-17-10-21(26)28-22-18(17)11-20(24)23-19(22)13-25(14-27-23)12-16-8-6-15(2)7-9-16/h6-11H,3-5,12-14H2,1-2H3. The van der Waals surface area contributed by atoms with Gasteiger partial charge in [-0.25, -0.2) is 4.79 Å². The summed E-state index contributed by atoms with van der Waals surface area (Å²) in [5.74, 6) is 0.630. The van der Waals surface area contributed by atoms with E-state index in [0.29, 0.717) is 29.6 Å². The van der Waals surface area contributed by atoms with Gasteiger partial charge in [0.15, 0.2) is 0 Å². The monoisotopic (exact) mass is 397 g/mol. The van der Waals surface area contributed by atoms with Crippen molar-refractivity contribution in [1.82, 2.24) is 4.90 Å². The zero-order valence-corrected chi connectivity index (χ0v) is 17.0. The Kier molecular flexibility index (Phi) is 5.42. The molecule has 1 aliphatic rings. The molecule has 0 aliphatic carbocycles. The number of halogens is 1. The topological polar surface area (TPSA) is 42.7 Å². The highest BCUT2D eigenvalue weighted by Gasteiger charge is 2.25. The fraction of sp³-hybridized carbons (Fsp3) is 0.348. The summed E-state index contributed by atoms with van der Waals surface area (Å²) < 4.78 is 11.6. The van der Waals surface area contributed by atoms with Crippen LogP contribution in [0.25, 0.3) is 11.0 Å². The lowest BCUT2D eigenvalue weighted by Crippen LogP contribution is -2.32. The maximum absolute atomic E-state index is 12.2. The molecule has 146 valence electrons. The van der Waals surface area contributed by atoms with Crippen LogP contribution in [-0.2, 0) is 19.5 Å². The Hall–Kier alpha value is -2.30. The summed E-state index contributed by atoms with van der Waals surface area (Å²) in [5.41, 5.74) is 4.59. The van der Waals surface area contributed by atoms with Crippen molar-refractivity contribution in [2.24, 2.45) is 0 Å². The molecule has 0 saturated heterocycles. The molecule has 1 aliphatic heterocycles. The van der Waals surface area contributed by atoms with Crippen molar-refractivity contribution in [1.29, 1.82) is 0 Å². The van der Waals surface area contributed by atoms with E-state index in [0.717, 1.165) is 42.3 Å². The van der Waals surface area contributed by atoms with Crippen LogP contribution in [-0.4, -0.2) is 11.6 Å². The van der Waals surface area contributed by atoms with Crippen LogP contribution in [0.3, 0.4) is 0 Å². The van der Waals surface area contributed by atoms with Crippen molar-refractivity contribution in [3.8, 4) is 5.75 Å². The van der Waals surface area contributed by atoms with Crippen LogP contribution in [0.15, 0.2) is 45.6 Å². The summed E-state index contributed by atoms with van der Waals surface area (Å²) in [5, 5.41) is 1.49.